The maximum atomic E-state index is 6.25. The van der Waals surface area contributed by atoms with E-state index < -0.39 is 0 Å². The van der Waals surface area contributed by atoms with Crippen molar-refractivity contribution in [3.05, 3.63) is 21.9 Å². The lowest BCUT2D eigenvalue weighted by atomic mass is 9.48. The molecule has 1 N–H and O–H groups in total. The molecule has 1 heterocycles. The van der Waals surface area contributed by atoms with Crippen molar-refractivity contribution in [2.75, 3.05) is 5.32 Å². The molecule has 4 fully saturated rings. The van der Waals surface area contributed by atoms with Crippen LogP contribution in [-0.4, -0.2) is 11.0 Å². The highest BCUT2D eigenvalue weighted by Crippen LogP contribution is 2.61. The van der Waals surface area contributed by atoms with Gasteiger partial charge in [-0.05, 0) is 90.6 Å². The van der Waals surface area contributed by atoms with Crippen LogP contribution in [0.1, 0.15) is 45.4 Å². The Labute approximate surface area is 140 Å². The molecule has 0 spiro atoms. The summed E-state index contributed by atoms with van der Waals surface area (Å²) in [5.41, 5.74) is 1.45. The summed E-state index contributed by atoms with van der Waals surface area (Å²) in [6.45, 7) is 2.35. The molecule has 2 nitrogen and oxygen atoms in total. The van der Waals surface area contributed by atoms with Gasteiger partial charge < -0.3 is 5.32 Å². The minimum Gasteiger partial charge on any atom is -0.380 e. The van der Waals surface area contributed by atoms with Crippen molar-refractivity contribution in [3.8, 4) is 0 Å². The van der Waals surface area contributed by atoms with Gasteiger partial charge in [0.2, 0.25) is 0 Å². The van der Waals surface area contributed by atoms with E-state index >= 15 is 0 Å². The number of rotatable bonds is 3. The van der Waals surface area contributed by atoms with E-state index in [1.54, 1.807) is 6.20 Å². The largest absolute Gasteiger partial charge is 0.380 e. The van der Waals surface area contributed by atoms with Gasteiger partial charge in [0.1, 0.15) is 0 Å². The zero-order chi connectivity index (χ0) is 14.6. The van der Waals surface area contributed by atoms with Gasteiger partial charge in [-0.1, -0.05) is 11.6 Å². The standard InChI is InChI=1S/C17H22BrClN2/c1-10(21-15-5-14(18)9-20-16(15)19)17-6-11-2-12(7-17)4-13(3-11)8-17/h5,9-13,21H,2-4,6-8H2,1H3. The summed E-state index contributed by atoms with van der Waals surface area (Å²) in [5, 5.41) is 4.26. The maximum absolute atomic E-state index is 6.25. The van der Waals surface area contributed by atoms with Gasteiger partial charge in [-0.25, -0.2) is 4.98 Å². The minimum absolute atomic E-state index is 0.472. The molecular formula is C17H22BrClN2. The molecule has 4 bridgehead atoms. The highest BCUT2D eigenvalue weighted by Gasteiger charge is 2.53. The van der Waals surface area contributed by atoms with Crippen LogP contribution >= 0.6 is 27.5 Å². The highest BCUT2D eigenvalue weighted by atomic mass is 79.9. The van der Waals surface area contributed by atoms with Gasteiger partial charge in [-0.15, -0.1) is 0 Å². The van der Waals surface area contributed by atoms with Crippen LogP contribution in [0.25, 0.3) is 0 Å². The van der Waals surface area contributed by atoms with Crippen molar-refractivity contribution in [3.63, 3.8) is 0 Å². The molecule has 114 valence electrons. The first-order valence-corrected chi connectivity index (χ1v) is 9.29. The first-order valence-electron chi connectivity index (χ1n) is 8.12. The Morgan fingerprint density at radius 2 is 1.81 bits per heavy atom. The van der Waals surface area contributed by atoms with E-state index in [1.165, 1.54) is 38.5 Å². The number of nitrogens with one attached hydrogen (secondary N) is 1. The predicted octanol–water partition coefficient (Wildman–Crippen LogP) is 5.51. The fraction of sp³-hybridized carbons (Fsp3) is 0.706. The molecular weight excluding hydrogens is 348 g/mol. The van der Waals surface area contributed by atoms with Gasteiger partial charge >= 0.3 is 0 Å². The predicted molar refractivity (Wildman–Crippen MR) is 90.6 cm³/mol. The smallest absolute Gasteiger partial charge is 0.152 e. The number of aromatic nitrogens is 1. The third kappa shape index (κ3) is 2.50. The summed E-state index contributed by atoms with van der Waals surface area (Å²) in [6, 6.07) is 2.52. The Balaban J connectivity index is 1.57. The summed E-state index contributed by atoms with van der Waals surface area (Å²) in [6.07, 6.45) is 10.5. The van der Waals surface area contributed by atoms with E-state index in [0.29, 0.717) is 16.6 Å². The van der Waals surface area contributed by atoms with Crippen molar-refractivity contribution in [1.29, 1.82) is 0 Å². The number of anilines is 1. The molecule has 1 aromatic rings. The topological polar surface area (TPSA) is 24.9 Å². The Morgan fingerprint density at radius 3 is 2.38 bits per heavy atom. The molecule has 0 radical (unpaired) electrons. The molecule has 1 unspecified atom stereocenters. The first-order chi connectivity index (χ1) is 10.0. The molecule has 4 aliphatic carbocycles. The van der Waals surface area contributed by atoms with Crippen LogP contribution in [0, 0.1) is 23.2 Å². The molecule has 4 saturated carbocycles. The number of hydrogen-bond donors (Lipinski definition) is 1. The van der Waals surface area contributed by atoms with Crippen molar-refractivity contribution in [2.45, 2.75) is 51.5 Å². The van der Waals surface area contributed by atoms with Gasteiger partial charge in [0.25, 0.3) is 0 Å². The molecule has 0 aromatic carbocycles. The second-order valence-electron chi connectivity index (χ2n) is 7.64. The number of halogens is 2. The monoisotopic (exact) mass is 368 g/mol. The van der Waals surface area contributed by atoms with Crippen molar-refractivity contribution in [2.24, 2.45) is 23.2 Å². The molecule has 0 amide bonds. The SMILES string of the molecule is CC(Nc1cc(Br)cnc1Cl)C12CC3CC(CC(C3)C1)C2. The van der Waals surface area contributed by atoms with Crippen LogP contribution in [0.5, 0.6) is 0 Å². The van der Waals surface area contributed by atoms with Crippen LogP contribution in [0.3, 0.4) is 0 Å². The Hall–Kier alpha value is -0.280. The van der Waals surface area contributed by atoms with Gasteiger partial charge in [0.15, 0.2) is 5.15 Å². The van der Waals surface area contributed by atoms with E-state index in [9.17, 15) is 0 Å². The van der Waals surface area contributed by atoms with Crippen LogP contribution in [0.4, 0.5) is 5.69 Å². The average Bonchev–Trinajstić information content (AvgIpc) is 2.41. The third-order valence-corrected chi connectivity index (χ3v) is 6.92. The highest BCUT2D eigenvalue weighted by molar-refractivity contribution is 9.10. The fourth-order valence-electron chi connectivity index (χ4n) is 5.62. The molecule has 4 heteroatoms. The molecule has 1 aromatic heterocycles. The summed E-state index contributed by atoms with van der Waals surface area (Å²) in [4.78, 5) is 4.23. The quantitative estimate of drug-likeness (QED) is 0.710. The van der Waals surface area contributed by atoms with E-state index in [1.807, 2.05) is 6.07 Å². The lowest BCUT2D eigenvalue weighted by molar-refractivity contribution is -0.0602. The minimum atomic E-state index is 0.472. The lowest BCUT2D eigenvalue weighted by Gasteiger charge is -2.59. The molecule has 5 rings (SSSR count). The van der Waals surface area contributed by atoms with E-state index in [-0.39, 0.29) is 0 Å². The number of nitrogens with zero attached hydrogens (tertiary/aromatic N) is 1. The van der Waals surface area contributed by atoms with Crippen LogP contribution in [0.2, 0.25) is 5.15 Å². The number of pyridine rings is 1. The normalized spacial score (nSPS) is 38.5. The first kappa shape index (κ1) is 14.3. The molecule has 21 heavy (non-hydrogen) atoms. The Morgan fingerprint density at radius 1 is 1.24 bits per heavy atom. The Kier molecular flexibility index (Phi) is 3.50. The van der Waals surface area contributed by atoms with Gasteiger partial charge in [0.05, 0.1) is 5.69 Å². The van der Waals surface area contributed by atoms with Crippen LogP contribution in [0.15, 0.2) is 16.7 Å². The fourth-order valence-corrected chi connectivity index (χ4v) is 6.11. The van der Waals surface area contributed by atoms with Gasteiger partial charge in [-0.2, -0.15) is 0 Å². The second kappa shape index (κ2) is 5.13. The van der Waals surface area contributed by atoms with E-state index in [2.05, 4.69) is 33.2 Å². The second-order valence-corrected chi connectivity index (χ2v) is 8.91. The molecule has 1 atom stereocenters. The summed E-state index contributed by atoms with van der Waals surface area (Å²) in [5.74, 6) is 2.95. The van der Waals surface area contributed by atoms with Gasteiger partial charge in [-0.3, -0.25) is 0 Å². The maximum Gasteiger partial charge on any atom is 0.152 e. The Bertz CT molecular complexity index is 524. The van der Waals surface area contributed by atoms with Crippen molar-refractivity contribution >= 4 is 33.2 Å². The van der Waals surface area contributed by atoms with Crippen molar-refractivity contribution in [1.82, 2.24) is 4.98 Å². The molecule has 0 saturated heterocycles. The number of hydrogen-bond acceptors (Lipinski definition) is 2. The summed E-state index contributed by atoms with van der Waals surface area (Å²) < 4.78 is 0.979. The van der Waals surface area contributed by atoms with E-state index in [0.717, 1.165) is 27.9 Å². The summed E-state index contributed by atoms with van der Waals surface area (Å²) >= 11 is 9.74. The van der Waals surface area contributed by atoms with Crippen LogP contribution in [-0.2, 0) is 0 Å². The molecule has 4 aliphatic rings. The van der Waals surface area contributed by atoms with Gasteiger partial charge in [0, 0.05) is 16.7 Å². The zero-order valence-electron chi connectivity index (χ0n) is 12.4. The summed E-state index contributed by atoms with van der Waals surface area (Å²) in [7, 11) is 0. The molecule has 0 aliphatic heterocycles. The third-order valence-electron chi connectivity index (χ3n) is 6.18. The van der Waals surface area contributed by atoms with E-state index in [4.69, 9.17) is 11.6 Å². The lowest BCUT2D eigenvalue weighted by Crippen LogP contribution is -2.52. The average molecular weight is 370 g/mol. The van der Waals surface area contributed by atoms with Crippen LogP contribution < -0.4 is 5.32 Å². The van der Waals surface area contributed by atoms with Crippen molar-refractivity contribution < 1.29 is 0 Å². The zero-order valence-corrected chi connectivity index (χ0v) is 14.8.